The monoisotopic (exact) mass is 268 g/mol. The Kier molecular flexibility index (Phi) is 3.30. The van der Waals surface area contributed by atoms with Crippen LogP contribution < -0.4 is 0 Å². The van der Waals surface area contributed by atoms with Gasteiger partial charge in [0.05, 0.1) is 5.56 Å². The zero-order chi connectivity index (χ0) is 12.5. The van der Waals surface area contributed by atoms with Gasteiger partial charge in [-0.3, -0.25) is 0 Å². The van der Waals surface area contributed by atoms with Crippen LogP contribution in [0.3, 0.4) is 0 Å². The molecule has 0 unspecified atom stereocenters. The normalized spacial score (nSPS) is 11.4. The van der Waals surface area contributed by atoms with Gasteiger partial charge in [-0.1, -0.05) is 0 Å². The van der Waals surface area contributed by atoms with Crippen LogP contribution in [-0.2, 0) is 9.05 Å². The van der Waals surface area contributed by atoms with Crippen molar-refractivity contribution in [1.82, 2.24) is 4.98 Å². The second kappa shape index (κ2) is 4.19. The topological polar surface area (TPSA) is 91.0 Å². The van der Waals surface area contributed by atoms with E-state index in [1.165, 1.54) is 6.07 Å². The molecule has 0 saturated heterocycles. The highest BCUT2D eigenvalue weighted by atomic mass is 35.7. The smallest absolute Gasteiger partial charge is 0.282 e. The van der Waals surface area contributed by atoms with Gasteiger partial charge in [-0.15, -0.1) is 0 Å². The van der Waals surface area contributed by atoms with E-state index in [1.807, 2.05) is 0 Å². The van der Waals surface area contributed by atoms with Gasteiger partial charge in [0.15, 0.2) is 5.75 Å². The molecule has 86 valence electrons. The summed E-state index contributed by atoms with van der Waals surface area (Å²) in [7, 11) is 0.369. The summed E-state index contributed by atoms with van der Waals surface area (Å²) in [6.45, 7) is 0. The first-order valence-corrected chi connectivity index (χ1v) is 5.95. The summed E-state index contributed by atoms with van der Waals surface area (Å²) in [5.41, 5.74) is -1.59. The van der Waals surface area contributed by atoms with E-state index in [0.29, 0.717) is 6.07 Å². The molecule has 1 N–H and O–H groups in total. The zero-order valence-electron chi connectivity index (χ0n) is 7.35. The molecule has 0 aromatic carbocycles. The molecule has 0 aliphatic carbocycles. The summed E-state index contributed by atoms with van der Waals surface area (Å²) in [6, 6.07) is 1.97. The van der Waals surface area contributed by atoms with E-state index in [2.05, 4.69) is 4.98 Å². The summed E-state index contributed by atoms with van der Waals surface area (Å²) < 4.78 is 46.5. The predicted octanol–water partition coefficient (Wildman–Crippen LogP) is 1.52. The van der Waals surface area contributed by atoms with Crippen LogP contribution in [0.5, 0.6) is 5.75 Å². The zero-order valence-corrected chi connectivity index (χ0v) is 8.93. The molecule has 9 heteroatoms. The van der Waals surface area contributed by atoms with Gasteiger partial charge >= 0.3 is 0 Å². The highest BCUT2D eigenvalue weighted by Crippen LogP contribution is 2.34. The molecule has 1 aromatic heterocycles. The minimum Gasteiger partial charge on any atom is -0.505 e. The Hall–Kier alpha value is -1.46. The van der Waals surface area contributed by atoms with Crippen LogP contribution in [0.1, 0.15) is 17.7 Å². The Labute approximate surface area is 93.3 Å². The Morgan fingerprint density at radius 3 is 2.50 bits per heavy atom. The molecule has 1 heterocycles. The lowest BCUT2D eigenvalue weighted by atomic mass is 10.2. The van der Waals surface area contributed by atoms with Crippen molar-refractivity contribution in [3.8, 4) is 11.8 Å². The maximum atomic E-state index is 12.4. The average Bonchev–Trinajstić information content (AvgIpc) is 2.15. The number of alkyl halides is 2. The molecule has 0 spiro atoms. The van der Waals surface area contributed by atoms with Gasteiger partial charge in [-0.2, -0.15) is 5.26 Å². The standard InChI is InChI=1S/C7H3ClF2N2O3S/c8-16(14,15)7-5(13)4(6(9)10)1-3(2-11)12-7/h1,6,13H. The molecule has 0 aliphatic heterocycles. The molecule has 0 amide bonds. The van der Waals surface area contributed by atoms with Crippen LogP contribution in [0, 0.1) is 11.3 Å². The molecule has 0 radical (unpaired) electrons. The van der Waals surface area contributed by atoms with Crippen LogP contribution in [0.25, 0.3) is 0 Å². The summed E-state index contributed by atoms with van der Waals surface area (Å²) in [4.78, 5) is 3.14. The van der Waals surface area contributed by atoms with E-state index in [0.717, 1.165) is 0 Å². The molecular weight excluding hydrogens is 266 g/mol. The van der Waals surface area contributed by atoms with Crippen molar-refractivity contribution in [2.45, 2.75) is 11.5 Å². The maximum absolute atomic E-state index is 12.4. The van der Waals surface area contributed by atoms with E-state index in [-0.39, 0.29) is 0 Å². The van der Waals surface area contributed by atoms with Gasteiger partial charge in [-0.05, 0) is 6.07 Å². The maximum Gasteiger partial charge on any atom is 0.282 e. The van der Waals surface area contributed by atoms with Crippen molar-refractivity contribution in [2.75, 3.05) is 0 Å². The van der Waals surface area contributed by atoms with Crippen molar-refractivity contribution in [3.05, 3.63) is 17.3 Å². The Bertz CT molecular complexity index is 568. The van der Waals surface area contributed by atoms with Crippen LogP contribution in [0.15, 0.2) is 11.1 Å². The molecule has 0 bridgehead atoms. The fraction of sp³-hybridized carbons (Fsp3) is 0.143. The van der Waals surface area contributed by atoms with Crippen molar-refractivity contribution in [1.29, 1.82) is 5.26 Å². The number of hydrogen-bond donors (Lipinski definition) is 1. The largest absolute Gasteiger partial charge is 0.505 e. The average molecular weight is 269 g/mol. The number of aromatic nitrogens is 1. The molecule has 5 nitrogen and oxygen atoms in total. The third-order valence-electron chi connectivity index (χ3n) is 1.57. The molecule has 0 saturated carbocycles. The number of halogens is 3. The fourth-order valence-corrected chi connectivity index (χ4v) is 1.81. The lowest BCUT2D eigenvalue weighted by Gasteiger charge is -2.06. The van der Waals surface area contributed by atoms with Crippen molar-refractivity contribution in [2.24, 2.45) is 0 Å². The van der Waals surface area contributed by atoms with E-state index in [4.69, 9.17) is 15.9 Å². The Morgan fingerprint density at radius 2 is 2.12 bits per heavy atom. The van der Waals surface area contributed by atoms with Gasteiger partial charge in [0.1, 0.15) is 11.8 Å². The van der Waals surface area contributed by atoms with Gasteiger partial charge in [-0.25, -0.2) is 22.2 Å². The number of nitrogens with zero attached hydrogens (tertiary/aromatic N) is 2. The van der Waals surface area contributed by atoms with Gasteiger partial charge in [0.2, 0.25) is 5.03 Å². The van der Waals surface area contributed by atoms with E-state index in [9.17, 15) is 22.3 Å². The number of pyridine rings is 1. The number of hydrogen-bond acceptors (Lipinski definition) is 5. The molecular formula is C7H3ClF2N2O3S. The van der Waals surface area contributed by atoms with E-state index in [1.54, 1.807) is 0 Å². The minimum atomic E-state index is -4.50. The lowest BCUT2D eigenvalue weighted by Crippen LogP contribution is -2.01. The highest BCUT2D eigenvalue weighted by molar-refractivity contribution is 8.13. The van der Waals surface area contributed by atoms with Crippen molar-refractivity contribution in [3.63, 3.8) is 0 Å². The van der Waals surface area contributed by atoms with Gasteiger partial charge < -0.3 is 5.11 Å². The van der Waals surface area contributed by atoms with Crippen molar-refractivity contribution >= 4 is 19.7 Å². The first kappa shape index (κ1) is 12.6. The highest BCUT2D eigenvalue weighted by Gasteiger charge is 2.25. The number of nitriles is 1. The van der Waals surface area contributed by atoms with E-state index >= 15 is 0 Å². The fourth-order valence-electron chi connectivity index (χ4n) is 0.927. The SMILES string of the molecule is N#Cc1cc(C(F)F)c(O)c(S(=O)(=O)Cl)n1. The molecule has 1 rings (SSSR count). The Balaban J connectivity index is 3.65. The quantitative estimate of drug-likeness (QED) is 0.821. The second-order valence-corrected chi connectivity index (χ2v) is 5.08. The minimum absolute atomic E-state index is 0.577. The van der Waals surface area contributed by atoms with Crippen LogP contribution in [0.2, 0.25) is 0 Å². The van der Waals surface area contributed by atoms with Gasteiger partial charge in [0.25, 0.3) is 15.5 Å². The summed E-state index contributed by atoms with van der Waals surface area (Å²) in [5, 5.41) is 16.5. The van der Waals surface area contributed by atoms with E-state index < -0.39 is 37.5 Å². The van der Waals surface area contributed by atoms with Gasteiger partial charge in [0, 0.05) is 10.7 Å². The molecule has 0 fully saturated rings. The molecule has 0 atom stereocenters. The second-order valence-electron chi connectivity index (χ2n) is 2.60. The number of rotatable bonds is 2. The third-order valence-corrected chi connectivity index (χ3v) is 2.76. The molecule has 1 aromatic rings. The summed E-state index contributed by atoms with van der Waals surface area (Å²) >= 11 is 0. The molecule has 16 heavy (non-hydrogen) atoms. The third kappa shape index (κ3) is 2.37. The molecule has 0 aliphatic rings. The first-order chi connectivity index (χ1) is 7.27. The number of aromatic hydroxyl groups is 1. The van der Waals surface area contributed by atoms with Crippen molar-refractivity contribution < 1.29 is 22.3 Å². The van der Waals surface area contributed by atoms with Crippen LogP contribution in [0.4, 0.5) is 8.78 Å². The predicted molar refractivity (Wildman–Crippen MR) is 48.6 cm³/mol. The van der Waals surface area contributed by atoms with Crippen LogP contribution in [-0.4, -0.2) is 18.5 Å². The first-order valence-electron chi connectivity index (χ1n) is 3.64. The van der Waals surface area contributed by atoms with Crippen LogP contribution >= 0.6 is 10.7 Å². The Morgan fingerprint density at radius 1 is 1.56 bits per heavy atom. The summed E-state index contributed by atoms with van der Waals surface area (Å²) in [6.07, 6.45) is -3.15. The summed E-state index contributed by atoms with van der Waals surface area (Å²) in [5.74, 6) is -1.25. The lowest BCUT2D eigenvalue weighted by molar-refractivity contribution is 0.146.